The van der Waals surface area contributed by atoms with Crippen molar-refractivity contribution in [1.29, 1.82) is 0 Å². The van der Waals surface area contributed by atoms with E-state index >= 15 is 0 Å². The summed E-state index contributed by atoms with van der Waals surface area (Å²) in [7, 11) is 1.30. The number of carbonyl (C=O) groups is 1. The fourth-order valence-corrected chi connectivity index (χ4v) is 2.87. The zero-order valence-corrected chi connectivity index (χ0v) is 10.6. The first-order chi connectivity index (χ1) is 8.54. The predicted octanol–water partition coefficient (Wildman–Crippen LogP) is 2.16. The fourth-order valence-electron chi connectivity index (χ4n) is 2.87. The van der Waals surface area contributed by atoms with Gasteiger partial charge in [0.25, 0.3) is 0 Å². The van der Waals surface area contributed by atoms with Crippen LogP contribution < -0.4 is 0 Å². The van der Waals surface area contributed by atoms with Gasteiger partial charge in [-0.25, -0.2) is 4.39 Å². The number of methoxy groups -OCH3 is 1. The summed E-state index contributed by atoms with van der Waals surface area (Å²) in [5, 5.41) is 10.8. The highest BCUT2D eigenvalue weighted by atomic mass is 19.1. The molecule has 0 aliphatic heterocycles. The minimum Gasteiger partial charge on any atom is -0.469 e. The second kappa shape index (κ2) is 4.69. The molecule has 0 amide bonds. The van der Waals surface area contributed by atoms with Crippen molar-refractivity contribution >= 4 is 5.97 Å². The van der Waals surface area contributed by atoms with Crippen LogP contribution in [-0.4, -0.2) is 18.2 Å². The third-order valence-corrected chi connectivity index (χ3v) is 3.81. The first kappa shape index (κ1) is 13.0. The van der Waals surface area contributed by atoms with Crippen LogP contribution in [0, 0.1) is 11.7 Å². The molecule has 2 atom stereocenters. The first-order valence-electron chi connectivity index (χ1n) is 6.12. The molecule has 0 fully saturated rings. The van der Waals surface area contributed by atoms with Gasteiger partial charge in [-0.2, -0.15) is 0 Å². The molecule has 3 nitrogen and oxygen atoms in total. The molecule has 4 heteroatoms. The van der Waals surface area contributed by atoms with Crippen LogP contribution in [0.25, 0.3) is 0 Å². The number of benzene rings is 1. The average Bonchev–Trinajstić information content (AvgIpc) is 2.70. The Bertz CT molecular complexity index is 472. The molecule has 0 aromatic heterocycles. The van der Waals surface area contributed by atoms with E-state index < -0.39 is 17.5 Å². The summed E-state index contributed by atoms with van der Waals surface area (Å²) < 4.78 is 18.4. The maximum atomic E-state index is 13.7. The maximum Gasteiger partial charge on any atom is 0.311 e. The smallest absolute Gasteiger partial charge is 0.311 e. The van der Waals surface area contributed by atoms with Crippen molar-refractivity contribution < 1.29 is 19.0 Å². The first-order valence-corrected chi connectivity index (χ1v) is 6.12. The van der Waals surface area contributed by atoms with Gasteiger partial charge in [0.1, 0.15) is 11.4 Å². The Hall–Kier alpha value is -1.42. The number of hydrogen-bond acceptors (Lipinski definition) is 3. The summed E-state index contributed by atoms with van der Waals surface area (Å²) in [5.41, 5.74) is -0.263. The molecule has 0 saturated carbocycles. The molecule has 2 unspecified atom stereocenters. The summed E-state index contributed by atoms with van der Waals surface area (Å²) in [6.07, 6.45) is 1.27. The van der Waals surface area contributed by atoms with Crippen LogP contribution in [0.4, 0.5) is 4.39 Å². The molecular formula is C14H17FO3. The van der Waals surface area contributed by atoms with Gasteiger partial charge in [-0.3, -0.25) is 4.79 Å². The lowest BCUT2D eigenvalue weighted by molar-refractivity contribution is -0.157. The van der Waals surface area contributed by atoms with Gasteiger partial charge in [-0.05, 0) is 36.5 Å². The molecule has 0 spiro atoms. The molecule has 2 rings (SSSR count). The molecule has 1 aromatic carbocycles. The Morgan fingerprint density at radius 3 is 2.94 bits per heavy atom. The highest BCUT2D eigenvalue weighted by Crippen LogP contribution is 2.44. The van der Waals surface area contributed by atoms with Crippen molar-refractivity contribution in [3.8, 4) is 0 Å². The summed E-state index contributed by atoms with van der Waals surface area (Å²) in [6.45, 7) is 1.82. The van der Waals surface area contributed by atoms with Gasteiger partial charge in [-0.15, -0.1) is 0 Å². The lowest BCUT2D eigenvalue weighted by Crippen LogP contribution is -2.38. The van der Waals surface area contributed by atoms with E-state index in [4.69, 9.17) is 4.74 Å². The second-order valence-corrected chi connectivity index (χ2v) is 4.67. The van der Waals surface area contributed by atoms with E-state index in [9.17, 15) is 14.3 Å². The molecule has 0 bridgehead atoms. The summed E-state index contributed by atoms with van der Waals surface area (Å²) in [6, 6.07) is 4.63. The number of aliphatic hydroxyl groups is 1. The van der Waals surface area contributed by atoms with Gasteiger partial charge >= 0.3 is 5.97 Å². The van der Waals surface area contributed by atoms with Gasteiger partial charge in [-0.1, -0.05) is 19.1 Å². The van der Waals surface area contributed by atoms with E-state index in [0.717, 1.165) is 0 Å². The summed E-state index contributed by atoms with van der Waals surface area (Å²) in [5.74, 6) is -1.41. The minimum absolute atomic E-state index is 0.317. The van der Waals surface area contributed by atoms with Crippen molar-refractivity contribution in [1.82, 2.24) is 0 Å². The van der Waals surface area contributed by atoms with Crippen molar-refractivity contribution in [2.24, 2.45) is 5.92 Å². The lowest BCUT2D eigenvalue weighted by Gasteiger charge is -2.31. The zero-order chi connectivity index (χ0) is 13.3. The van der Waals surface area contributed by atoms with Gasteiger partial charge in [0.2, 0.25) is 0 Å². The topological polar surface area (TPSA) is 46.5 Å². The number of fused-ring (bicyclic) bond motifs is 1. The summed E-state index contributed by atoms with van der Waals surface area (Å²) >= 11 is 0. The van der Waals surface area contributed by atoms with E-state index in [-0.39, 0.29) is 5.82 Å². The Kier molecular flexibility index (Phi) is 3.39. The van der Waals surface area contributed by atoms with Crippen molar-refractivity contribution in [2.45, 2.75) is 31.8 Å². The minimum atomic E-state index is -1.31. The molecule has 1 aliphatic rings. The van der Waals surface area contributed by atoms with Crippen molar-refractivity contribution in [2.75, 3.05) is 7.11 Å². The fraction of sp³-hybridized carbons (Fsp3) is 0.500. The highest BCUT2D eigenvalue weighted by molar-refractivity contribution is 5.74. The molecule has 0 heterocycles. The van der Waals surface area contributed by atoms with Gasteiger partial charge < -0.3 is 9.84 Å². The standard InChI is InChI=1S/C14H17FO3/c1-3-10(13(16)18-2)14(17)8-7-9-11(14)5-4-6-12(9)15/h4-6,10,17H,3,7-8H2,1-2H3. The second-order valence-electron chi connectivity index (χ2n) is 4.67. The Morgan fingerprint density at radius 1 is 1.61 bits per heavy atom. The van der Waals surface area contributed by atoms with E-state index in [1.807, 2.05) is 6.92 Å². The third-order valence-electron chi connectivity index (χ3n) is 3.81. The van der Waals surface area contributed by atoms with E-state index in [2.05, 4.69) is 0 Å². The number of halogens is 1. The van der Waals surface area contributed by atoms with Crippen LogP contribution >= 0.6 is 0 Å². The van der Waals surface area contributed by atoms with E-state index in [1.165, 1.54) is 13.2 Å². The zero-order valence-electron chi connectivity index (χ0n) is 10.6. The van der Waals surface area contributed by atoms with Crippen LogP contribution in [0.5, 0.6) is 0 Å². The average molecular weight is 252 g/mol. The van der Waals surface area contributed by atoms with Crippen LogP contribution in [0.3, 0.4) is 0 Å². The predicted molar refractivity (Wildman–Crippen MR) is 64.4 cm³/mol. The Balaban J connectivity index is 2.46. The van der Waals surface area contributed by atoms with Crippen molar-refractivity contribution in [3.63, 3.8) is 0 Å². The van der Waals surface area contributed by atoms with Gasteiger partial charge in [0.15, 0.2) is 0 Å². The molecule has 1 aromatic rings. The third kappa shape index (κ3) is 1.81. The molecule has 1 aliphatic carbocycles. The molecular weight excluding hydrogens is 235 g/mol. The van der Waals surface area contributed by atoms with Crippen LogP contribution in [0.15, 0.2) is 18.2 Å². The molecule has 18 heavy (non-hydrogen) atoms. The van der Waals surface area contributed by atoms with E-state index in [1.54, 1.807) is 12.1 Å². The molecule has 0 radical (unpaired) electrons. The quantitative estimate of drug-likeness (QED) is 0.838. The summed E-state index contributed by atoms with van der Waals surface area (Å²) in [4.78, 5) is 11.8. The Morgan fingerprint density at radius 2 is 2.33 bits per heavy atom. The van der Waals surface area contributed by atoms with Crippen molar-refractivity contribution in [3.05, 3.63) is 35.1 Å². The van der Waals surface area contributed by atoms with Crippen LogP contribution in [0.2, 0.25) is 0 Å². The van der Waals surface area contributed by atoms with Gasteiger partial charge in [0.05, 0.1) is 13.0 Å². The number of carbonyl (C=O) groups excluding carboxylic acids is 1. The molecule has 1 N–H and O–H groups in total. The normalized spacial score (nSPS) is 23.6. The highest BCUT2D eigenvalue weighted by Gasteiger charge is 2.47. The van der Waals surface area contributed by atoms with Gasteiger partial charge in [0, 0.05) is 0 Å². The Labute approximate surface area is 106 Å². The molecule has 0 saturated heterocycles. The number of hydrogen-bond donors (Lipinski definition) is 1. The number of esters is 1. The number of ether oxygens (including phenoxy) is 1. The number of rotatable bonds is 3. The maximum absolute atomic E-state index is 13.7. The van der Waals surface area contributed by atoms with Crippen LogP contribution in [-0.2, 0) is 21.6 Å². The molecule has 98 valence electrons. The monoisotopic (exact) mass is 252 g/mol. The largest absolute Gasteiger partial charge is 0.469 e. The van der Waals surface area contributed by atoms with Crippen LogP contribution in [0.1, 0.15) is 30.9 Å². The SMILES string of the molecule is CCC(C(=O)OC)C1(O)CCc2c(F)cccc21. The lowest BCUT2D eigenvalue weighted by atomic mass is 9.81. The van der Waals surface area contributed by atoms with E-state index in [0.29, 0.717) is 30.4 Å².